The minimum atomic E-state index is -0.168. The monoisotopic (exact) mass is 344 g/mol. The summed E-state index contributed by atoms with van der Waals surface area (Å²) in [6.45, 7) is 1.79. The normalized spacial score (nSPS) is 13.2. The molecule has 1 aliphatic heterocycles. The zero-order chi connectivity index (χ0) is 17.8. The topological polar surface area (TPSA) is 58.1 Å². The number of pyridine rings is 2. The van der Waals surface area contributed by atoms with Gasteiger partial charge in [-0.05, 0) is 36.6 Å². The van der Waals surface area contributed by atoms with Crippen LogP contribution in [0.2, 0.25) is 0 Å². The number of benzene rings is 1. The molecule has 5 nitrogen and oxygen atoms in total. The van der Waals surface area contributed by atoms with Gasteiger partial charge in [-0.15, -0.1) is 0 Å². The van der Waals surface area contributed by atoms with E-state index in [9.17, 15) is 4.79 Å². The predicted molar refractivity (Wildman–Crippen MR) is 102 cm³/mol. The number of fused-ring (bicyclic) bond motifs is 1. The molecule has 1 aromatic carbocycles. The maximum Gasteiger partial charge on any atom is 0.257 e. The Balaban J connectivity index is 1.58. The molecule has 5 heteroatoms. The average Bonchev–Trinajstić information content (AvgIpc) is 2.69. The Hall–Kier alpha value is -3.21. The molecule has 3 heterocycles. The van der Waals surface area contributed by atoms with Crippen LogP contribution >= 0.6 is 0 Å². The highest BCUT2D eigenvalue weighted by atomic mass is 16.1. The maximum absolute atomic E-state index is 12.6. The summed E-state index contributed by atoms with van der Waals surface area (Å²) < 4.78 is 0. The van der Waals surface area contributed by atoms with Crippen LogP contribution in [-0.4, -0.2) is 22.4 Å². The fraction of sp³-hybridized carbons (Fsp3) is 0.190. The van der Waals surface area contributed by atoms with Gasteiger partial charge in [0.25, 0.3) is 5.91 Å². The molecule has 0 atom stereocenters. The molecule has 0 spiro atoms. The van der Waals surface area contributed by atoms with E-state index in [-0.39, 0.29) is 5.91 Å². The second-order valence-electron chi connectivity index (χ2n) is 6.40. The lowest BCUT2D eigenvalue weighted by Crippen LogP contribution is -2.30. The maximum atomic E-state index is 12.6. The Morgan fingerprint density at radius 3 is 2.81 bits per heavy atom. The van der Waals surface area contributed by atoms with Crippen molar-refractivity contribution in [1.82, 2.24) is 9.97 Å². The van der Waals surface area contributed by atoms with E-state index in [2.05, 4.69) is 44.5 Å². The standard InChI is InChI=1S/C21H20N4O/c26-21(24-18-8-4-10-22-14-18)17-12-20-19(23-13-17)9-5-11-25(20)15-16-6-2-1-3-7-16/h1-4,6-8,10,12-14H,5,9,11,15H2,(H,24,26). The fourth-order valence-electron chi connectivity index (χ4n) is 3.24. The molecule has 130 valence electrons. The Kier molecular flexibility index (Phi) is 4.60. The number of carbonyl (C=O) groups excluding carboxylic acids is 1. The second kappa shape index (κ2) is 7.35. The zero-order valence-electron chi connectivity index (χ0n) is 14.4. The molecule has 1 aliphatic rings. The number of hydrogen-bond donors (Lipinski definition) is 1. The summed E-state index contributed by atoms with van der Waals surface area (Å²) in [5.41, 5.74) is 4.61. The third-order valence-corrected chi connectivity index (χ3v) is 4.53. The number of aryl methyl sites for hydroxylation is 1. The van der Waals surface area contributed by atoms with E-state index in [4.69, 9.17) is 0 Å². The molecule has 0 unspecified atom stereocenters. The lowest BCUT2D eigenvalue weighted by atomic mass is 10.0. The lowest BCUT2D eigenvalue weighted by molar-refractivity contribution is 0.102. The molecule has 0 aliphatic carbocycles. The van der Waals surface area contributed by atoms with Crippen LogP contribution in [0.5, 0.6) is 0 Å². The van der Waals surface area contributed by atoms with Gasteiger partial charge in [-0.3, -0.25) is 14.8 Å². The summed E-state index contributed by atoms with van der Waals surface area (Å²) in [4.78, 5) is 23.5. The van der Waals surface area contributed by atoms with Crippen molar-refractivity contribution in [2.75, 3.05) is 16.8 Å². The summed E-state index contributed by atoms with van der Waals surface area (Å²) in [5, 5.41) is 2.87. The Bertz CT molecular complexity index is 896. The van der Waals surface area contributed by atoms with Gasteiger partial charge in [-0.25, -0.2) is 0 Å². The van der Waals surface area contributed by atoms with Crippen molar-refractivity contribution in [3.63, 3.8) is 0 Å². The molecule has 0 radical (unpaired) electrons. The number of nitrogens with zero attached hydrogens (tertiary/aromatic N) is 3. The number of rotatable bonds is 4. The van der Waals surface area contributed by atoms with Crippen molar-refractivity contribution in [3.8, 4) is 0 Å². The third kappa shape index (κ3) is 3.57. The van der Waals surface area contributed by atoms with Crippen LogP contribution in [0.3, 0.4) is 0 Å². The van der Waals surface area contributed by atoms with Gasteiger partial charge < -0.3 is 10.2 Å². The number of anilines is 2. The molecular formula is C21H20N4O. The molecule has 1 amide bonds. The first-order valence-corrected chi connectivity index (χ1v) is 8.79. The first-order chi connectivity index (χ1) is 12.8. The highest BCUT2D eigenvalue weighted by molar-refractivity contribution is 6.04. The van der Waals surface area contributed by atoms with E-state index in [1.807, 2.05) is 18.2 Å². The number of hydrogen-bond acceptors (Lipinski definition) is 4. The Morgan fingerprint density at radius 1 is 1.12 bits per heavy atom. The van der Waals surface area contributed by atoms with E-state index >= 15 is 0 Å². The molecule has 3 aromatic rings. The third-order valence-electron chi connectivity index (χ3n) is 4.53. The van der Waals surface area contributed by atoms with Gasteiger partial charge >= 0.3 is 0 Å². The van der Waals surface area contributed by atoms with E-state index in [1.54, 1.807) is 24.7 Å². The van der Waals surface area contributed by atoms with E-state index < -0.39 is 0 Å². The van der Waals surface area contributed by atoms with Crippen molar-refractivity contribution in [2.24, 2.45) is 0 Å². The van der Waals surface area contributed by atoms with Crippen LogP contribution in [0.15, 0.2) is 67.1 Å². The summed E-state index contributed by atoms with van der Waals surface area (Å²) in [5.74, 6) is -0.168. The fourth-order valence-corrected chi connectivity index (χ4v) is 3.24. The number of carbonyl (C=O) groups is 1. The quantitative estimate of drug-likeness (QED) is 0.784. The smallest absolute Gasteiger partial charge is 0.257 e. The van der Waals surface area contributed by atoms with Crippen LogP contribution in [0.1, 0.15) is 28.0 Å². The average molecular weight is 344 g/mol. The Morgan fingerprint density at radius 2 is 2.00 bits per heavy atom. The van der Waals surface area contributed by atoms with E-state index in [1.165, 1.54) is 5.56 Å². The molecular weight excluding hydrogens is 324 g/mol. The van der Waals surface area contributed by atoms with Gasteiger partial charge in [0.1, 0.15) is 0 Å². The first-order valence-electron chi connectivity index (χ1n) is 8.79. The molecule has 0 fully saturated rings. The van der Waals surface area contributed by atoms with Crippen molar-refractivity contribution in [2.45, 2.75) is 19.4 Å². The van der Waals surface area contributed by atoms with Crippen LogP contribution in [0.25, 0.3) is 0 Å². The molecule has 26 heavy (non-hydrogen) atoms. The van der Waals surface area contributed by atoms with Gasteiger partial charge in [-0.1, -0.05) is 30.3 Å². The van der Waals surface area contributed by atoms with Crippen molar-refractivity contribution < 1.29 is 4.79 Å². The highest BCUT2D eigenvalue weighted by Crippen LogP contribution is 2.28. The van der Waals surface area contributed by atoms with E-state index in [0.717, 1.165) is 37.3 Å². The van der Waals surface area contributed by atoms with Gasteiger partial charge in [0.2, 0.25) is 0 Å². The largest absolute Gasteiger partial charge is 0.366 e. The number of nitrogens with one attached hydrogen (secondary N) is 1. The summed E-state index contributed by atoms with van der Waals surface area (Å²) in [7, 11) is 0. The zero-order valence-corrected chi connectivity index (χ0v) is 14.4. The SMILES string of the molecule is O=C(Nc1cccnc1)c1cnc2c(c1)N(Cc1ccccc1)CCC2. The first kappa shape index (κ1) is 16.3. The minimum absolute atomic E-state index is 0.168. The summed E-state index contributed by atoms with van der Waals surface area (Å²) >= 11 is 0. The van der Waals surface area contributed by atoms with Gasteiger partial charge in [0, 0.05) is 25.5 Å². The summed E-state index contributed by atoms with van der Waals surface area (Å²) in [6.07, 6.45) is 7.00. The highest BCUT2D eigenvalue weighted by Gasteiger charge is 2.20. The van der Waals surface area contributed by atoms with Gasteiger partial charge in [0.05, 0.1) is 28.8 Å². The minimum Gasteiger partial charge on any atom is -0.366 e. The number of aromatic nitrogens is 2. The van der Waals surface area contributed by atoms with Crippen molar-refractivity contribution in [3.05, 3.63) is 83.9 Å². The molecule has 2 aromatic heterocycles. The second-order valence-corrected chi connectivity index (χ2v) is 6.40. The molecule has 0 saturated carbocycles. The molecule has 4 rings (SSSR count). The van der Waals surface area contributed by atoms with Crippen LogP contribution in [0, 0.1) is 0 Å². The van der Waals surface area contributed by atoms with Gasteiger partial charge in [-0.2, -0.15) is 0 Å². The number of amides is 1. The Labute approximate surface area is 152 Å². The van der Waals surface area contributed by atoms with Crippen molar-refractivity contribution >= 4 is 17.3 Å². The van der Waals surface area contributed by atoms with Crippen molar-refractivity contribution in [1.29, 1.82) is 0 Å². The van der Waals surface area contributed by atoms with Crippen LogP contribution in [0.4, 0.5) is 11.4 Å². The molecule has 0 bridgehead atoms. The van der Waals surface area contributed by atoms with Crippen LogP contribution < -0.4 is 10.2 Å². The predicted octanol–water partition coefficient (Wildman–Crippen LogP) is 3.68. The lowest BCUT2D eigenvalue weighted by Gasteiger charge is -2.31. The van der Waals surface area contributed by atoms with Gasteiger partial charge in [0.15, 0.2) is 0 Å². The summed E-state index contributed by atoms with van der Waals surface area (Å²) in [6, 6.07) is 15.9. The van der Waals surface area contributed by atoms with Crippen LogP contribution in [-0.2, 0) is 13.0 Å². The molecule has 0 saturated heterocycles. The van der Waals surface area contributed by atoms with E-state index in [0.29, 0.717) is 11.3 Å². The molecule has 1 N–H and O–H groups in total.